The summed E-state index contributed by atoms with van der Waals surface area (Å²) in [6.45, 7) is 4.51. The lowest BCUT2D eigenvalue weighted by Gasteiger charge is -2.26. The van der Waals surface area contributed by atoms with E-state index in [1.165, 1.54) is 0 Å². The Morgan fingerprint density at radius 3 is 2.84 bits per heavy atom. The van der Waals surface area contributed by atoms with Crippen LogP contribution in [0.15, 0.2) is 30.5 Å². The minimum Gasteiger partial charge on any atom is -0.481 e. The fraction of sp³-hybridized carbons (Fsp3) is 0.357. The van der Waals surface area contributed by atoms with Crippen molar-refractivity contribution in [3.05, 3.63) is 30.5 Å². The Balaban J connectivity index is 2.32. The smallest absolute Gasteiger partial charge is 0.305 e. The molecule has 1 aromatic heterocycles. The second kappa shape index (κ2) is 5.65. The van der Waals surface area contributed by atoms with Crippen molar-refractivity contribution in [2.45, 2.75) is 26.3 Å². The molecular weight excluding hydrogens is 242 g/mol. The van der Waals surface area contributed by atoms with Crippen LogP contribution in [0.4, 0.5) is 5.95 Å². The van der Waals surface area contributed by atoms with E-state index in [1.54, 1.807) is 6.20 Å². The van der Waals surface area contributed by atoms with Gasteiger partial charge < -0.3 is 10.0 Å². The van der Waals surface area contributed by atoms with Crippen molar-refractivity contribution < 1.29 is 9.90 Å². The molecule has 2 rings (SSSR count). The van der Waals surface area contributed by atoms with Crippen LogP contribution in [0.2, 0.25) is 0 Å². The molecule has 100 valence electrons. The molecule has 2 aromatic rings. The molecule has 1 heterocycles. The van der Waals surface area contributed by atoms with E-state index in [2.05, 4.69) is 9.97 Å². The van der Waals surface area contributed by atoms with Crippen LogP contribution < -0.4 is 4.90 Å². The van der Waals surface area contributed by atoms with Gasteiger partial charge in [0.25, 0.3) is 0 Å². The third-order valence-electron chi connectivity index (χ3n) is 3.08. The van der Waals surface area contributed by atoms with E-state index in [-0.39, 0.29) is 12.5 Å². The van der Waals surface area contributed by atoms with E-state index in [0.717, 1.165) is 10.9 Å². The average Bonchev–Trinajstić information content (AvgIpc) is 2.38. The number of aliphatic carboxylic acids is 1. The number of nitrogens with zero attached hydrogens (tertiary/aromatic N) is 3. The number of benzene rings is 1. The number of para-hydroxylation sites is 1. The molecule has 1 N–H and O–H groups in total. The number of carboxylic acids is 1. The van der Waals surface area contributed by atoms with Gasteiger partial charge >= 0.3 is 5.97 Å². The molecule has 0 aliphatic rings. The highest BCUT2D eigenvalue weighted by molar-refractivity contribution is 5.78. The fourth-order valence-corrected chi connectivity index (χ4v) is 2.11. The molecule has 1 unspecified atom stereocenters. The minimum absolute atomic E-state index is 0.0734. The summed E-state index contributed by atoms with van der Waals surface area (Å²) >= 11 is 0. The summed E-state index contributed by atoms with van der Waals surface area (Å²) in [4.78, 5) is 21.5. The van der Waals surface area contributed by atoms with Crippen molar-refractivity contribution in [1.29, 1.82) is 0 Å². The van der Waals surface area contributed by atoms with Crippen LogP contribution in [0.1, 0.15) is 20.3 Å². The van der Waals surface area contributed by atoms with Gasteiger partial charge in [0.1, 0.15) is 0 Å². The van der Waals surface area contributed by atoms with Gasteiger partial charge in [-0.1, -0.05) is 18.2 Å². The summed E-state index contributed by atoms with van der Waals surface area (Å²) in [6.07, 6.45) is 1.85. The standard InChI is InChI=1S/C14H17N3O2/c1-3-17(10(2)8-13(18)19)14-15-9-11-6-4-5-7-12(11)16-14/h4-7,9-10H,3,8H2,1-2H3,(H,18,19). The summed E-state index contributed by atoms with van der Waals surface area (Å²) in [5.41, 5.74) is 0.869. The van der Waals surface area contributed by atoms with Gasteiger partial charge in [-0.3, -0.25) is 4.79 Å². The Morgan fingerprint density at radius 2 is 2.16 bits per heavy atom. The summed E-state index contributed by atoms with van der Waals surface area (Å²) in [6, 6.07) is 7.61. The highest BCUT2D eigenvalue weighted by Crippen LogP contribution is 2.17. The molecule has 19 heavy (non-hydrogen) atoms. The molecule has 1 atom stereocenters. The third-order valence-corrected chi connectivity index (χ3v) is 3.08. The van der Waals surface area contributed by atoms with E-state index >= 15 is 0 Å². The summed E-state index contributed by atoms with van der Waals surface area (Å²) in [5, 5.41) is 9.86. The summed E-state index contributed by atoms with van der Waals surface area (Å²) in [5.74, 6) is -0.235. The molecule has 0 amide bonds. The first-order valence-electron chi connectivity index (χ1n) is 6.32. The van der Waals surface area contributed by atoms with Gasteiger partial charge in [-0.25, -0.2) is 9.97 Å². The number of aromatic nitrogens is 2. The quantitative estimate of drug-likeness (QED) is 0.892. The van der Waals surface area contributed by atoms with Crippen molar-refractivity contribution >= 4 is 22.8 Å². The lowest BCUT2D eigenvalue weighted by molar-refractivity contribution is -0.137. The molecule has 0 spiro atoms. The SMILES string of the molecule is CCN(c1ncc2ccccc2n1)C(C)CC(=O)O. The van der Waals surface area contributed by atoms with Crippen LogP contribution in [-0.2, 0) is 4.79 Å². The maximum Gasteiger partial charge on any atom is 0.305 e. The van der Waals surface area contributed by atoms with E-state index in [9.17, 15) is 4.79 Å². The van der Waals surface area contributed by atoms with Gasteiger partial charge in [0, 0.05) is 24.2 Å². The van der Waals surface area contributed by atoms with Crippen molar-refractivity contribution in [1.82, 2.24) is 9.97 Å². The highest BCUT2D eigenvalue weighted by Gasteiger charge is 2.18. The molecule has 0 saturated heterocycles. The predicted octanol–water partition coefficient (Wildman–Crippen LogP) is 2.32. The molecule has 1 aromatic carbocycles. The monoisotopic (exact) mass is 259 g/mol. The average molecular weight is 259 g/mol. The fourth-order valence-electron chi connectivity index (χ4n) is 2.11. The van der Waals surface area contributed by atoms with Crippen molar-refractivity contribution in [2.24, 2.45) is 0 Å². The lowest BCUT2D eigenvalue weighted by atomic mass is 10.2. The summed E-state index contributed by atoms with van der Waals surface area (Å²) in [7, 11) is 0. The third kappa shape index (κ3) is 2.99. The summed E-state index contributed by atoms with van der Waals surface area (Å²) < 4.78 is 0. The molecule has 5 heteroatoms. The Hall–Kier alpha value is -2.17. The van der Waals surface area contributed by atoms with E-state index < -0.39 is 5.97 Å². The van der Waals surface area contributed by atoms with Crippen LogP contribution in [0.25, 0.3) is 10.9 Å². The van der Waals surface area contributed by atoms with E-state index in [0.29, 0.717) is 12.5 Å². The molecule has 0 aliphatic heterocycles. The van der Waals surface area contributed by atoms with Gasteiger partial charge in [-0.15, -0.1) is 0 Å². The predicted molar refractivity (Wildman–Crippen MR) is 74.3 cm³/mol. The highest BCUT2D eigenvalue weighted by atomic mass is 16.4. The molecule has 0 saturated carbocycles. The van der Waals surface area contributed by atoms with Gasteiger partial charge in [0.2, 0.25) is 5.95 Å². The van der Waals surface area contributed by atoms with Crippen LogP contribution in [-0.4, -0.2) is 33.6 Å². The van der Waals surface area contributed by atoms with Crippen LogP contribution >= 0.6 is 0 Å². The zero-order valence-electron chi connectivity index (χ0n) is 11.1. The number of carbonyl (C=O) groups is 1. The number of hydrogen-bond donors (Lipinski definition) is 1. The second-order valence-electron chi connectivity index (χ2n) is 4.46. The van der Waals surface area contributed by atoms with Gasteiger partial charge in [-0.05, 0) is 19.9 Å². The zero-order valence-corrected chi connectivity index (χ0v) is 11.1. The van der Waals surface area contributed by atoms with Crippen LogP contribution in [0.3, 0.4) is 0 Å². The first-order chi connectivity index (χ1) is 9.11. The number of rotatable bonds is 5. The molecule has 0 fully saturated rings. The van der Waals surface area contributed by atoms with E-state index in [1.807, 2.05) is 43.0 Å². The molecular formula is C14H17N3O2. The van der Waals surface area contributed by atoms with Gasteiger partial charge in [0.15, 0.2) is 0 Å². The maximum atomic E-state index is 10.8. The molecule has 0 aliphatic carbocycles. The Bertz CT molecular complexity index is 586. The topological polar surface area (TPSA) is 66.3 Å². The zero-order chi connectivity index (χ0) is 13.8. The number of fused-ring (bicyclic) bond motifs is 1. The first kappa shape index (κ1) is 13.3. The number of carboxylic acid groups (broad SMARTS) is 1. The Labute approximate surface area is 111 Å². The van der Waals surface area contributed by atoms with Gasteiger partial charge in [0.05, 0.1) is 11.9 Å². The number of anilines is 1. The molecule has 0 radical (unpaired) electrons. The Morgan fingerprint density at radius 1 is 1.42 bits per heavy atom. The van der Waals surface area contributed by atoms with Crippen molar-refractivity contribution in [2.75, 3.05) is 11.4 Å². The van der Waals surface area contributed by atoms with Crippen molar-refractivity contribution in [3.8, 4) is 0 Å². The van der Waals surface area contributed by atoms with E-state index in [4.69, 9.17) is 5.11 Å². The lowest BCUT2D eigenvalue weighted by Crippen LogP contribution is -2.35. The van der Waals surface area contributed by atoms with Gasteiger partial charge in [-0.2, -0.15) is 0 Å². The largest absolute Gasteiger partial charge is 0.481 e. The maximum absolute atomic E-state index is 10.8. The van der Waals surface area contributed by atoms with Crippen LogP contribution in [0.5, 0.6) is 0 Å². The minimum atomic E-state index is -0.813. The second-order valence-corrected chi connectivity index (χ2v) is 4.46. The van der Waals surface area contributed by atoms with Crippen molar-refractivity contribution in [3.63, 3.8) is 0 Å². The number of hydrogen-bond acceptors (Lipinski definition) is 4. The molecule has 5 nitrogen and oxygen atoms in total. The normalized spacial score (nSPS) is 12.3. The first-order valence-corrected chi connectivity index (χ1v) is 6.32. The van der Waals surface area contributed by atoms with Crippen LogP contribution in [0, 0.1) is 0 Å². The Kier molecular flexibility index (Phi) is 3.94. The molecule has 0 bridgehead atoms.